The molecule has 1 amide bonds. The van der Waals surface area contributed by atoms with E-state index >= 15 is 0 Å². The van der Waals surface area contributed by atoms with Crippen molar-refractivity contribution in [3.63, 3.8) is 0 Å². The fourth-order valence-corrected chi connectivity index (χ4v) is 2.70. The van der Waals surface area contributed by atoms with Crippen molar-refractivity contribution in [2.24, 2.45) is 0 Å². The van der Waals surface area contributed by atoms with Crippen LogP contribution in [-0.2, 0) is 17.8 Å². The first kappa shape index (κ1) is 14.9. The maximum absolute atomic E-state index is 11.0. The Morgan fingerprint density at radius 3 is 2.95 bits per heavy atom. The highest BCUT2D eigenvalue weighted by molar-refractivity contribution is 5.83. The molecule has 22 heavy (non-hydrogen) atoms. The molecule has 0 spiro atoms. The number of rotatable bonds is 7. The molecule has 2 N–H and O–H groups in total. The lowest BCUT2D eigenvalue weighted by atomic mass is 10.2. The number of alkyl carbamates (subject to hydrolysis) is 1. The maximum atomic E-state index is 11.0. The molecule has 0 aliphatic heterocycles. The van der Waals surface area contributed by atoms with Crippen LogP contribution in [0.25, 0.3) is 10.9 Å². The van der Waals surface area contributed by atoms with Gasteiger partial charge in [-0.05, 0) is 30.9 Å². The Labute approximate surface area is 130 Å². The van der Waals surface area contributed by atoms with Crippen LogP contribution in [0.15, 0.2) is 30.5 Å². The van der Waals surface area contributed by atoms with E-state index in [-0.39, 0.29) is 6.09 Å². The molecular weight excluding hydrogens is 278 g/mol. The van der Waals surface area contributed by atoms with Crippen molar-refractivity contribution in [2.75, 3.05) is 13.7 Å². The molecule has 1 aliphatic carbocycles. The fraction of sp³-hybridized carbons (Fsp3) is 0.471. The lowest BCUT2D eigenvalue weighted by Gasteiger charge is -2.06. The van der Waals surface area contributed by atoms with Crippen molar-refractivity contribution in [1.82, 2.24) is 15.2 Å². The molecule has 0 saturated heterocycles. The number of hydrogen-bond donors (Lipinski definition) is 2. The van der Waals surface area contributed by atoms with Crippen LogP contribution in [-0.4, -0.2) is 30.4 Å². The number of ether oxygens (including phenoxy) is 1. The van der Waals surface area contributed by atoms with E-state index in [1.165, 1.54) is 36.4 Å². The Morgan fingerprint density at radius 2 is 2.18 bits per heavy atom. The van der Waals surface area contributed by atoms with Crippen LogP contribution in [0.4, 0.5) is 4.79 Å². The number of amides is 1. The van der Waals surface area contributed by atoms with E-state index in [1.807, 2.05) is 0 Å². The molecule has 3 rings (SSSR count). The minimum absolute atomic E-state index is 0.369. The summed E-state index contributed by atoms with van der Waals surface area (Å²) in [6, 6.07) is 9.22. The molecule has 5 nitrogen and oxygen atoms in total. The summed E-state index contributed by atoms with van der Waals surface area (Å²) in [5.41, 5.74) is 2.61. The van der Waals surface area contributed by atoms with Gasteiger partial charge in [-0.2, -0.15) is 0 Å². The SMILES string of the molecule is COC(=O)NCCCn1cc(CNC2CC2)c2ccccc21. The van der Waals surface area contributed by atoms with Crippen molar-refractivity contribution in [1.29, 1.82) is 0 Å². The van der Waals surface area contributed by atoms with E-state index in [0.29, 0.717) is 12.6 Å². The highest BCUT2D eigenvalue weighted by atomic mass is 16.5. The number of nitrogens with zero attached hydrogens (tertiary/aromatic N) is 1. The number of methoxy groups -OCH3 is 1. The summed E-state index contributed by atoms with van der Waals surface area (Å²) in [6.07, 6.45) is 5.35. The number of carbonyl (C=O) groups excluding carboxylic acids is 1. The number of aryl methyl sites for hydroxylation is 1. The Kier molecular flexibility index (Phi) is 4.63. The number of carbonyl (C=O) groups is 1. The van der Waals surface area contributed by atoms with Crippen molar-refractivity contribution in [3.05, 3.63) is 36.0 Å². The molecule has 0 bridgehead atoms. The highest BCUT2D eigenvalue weighted by Gasteiger charge is 2.20. The van der Waals surface area contributed by atoms with Gasteiger partial charge in [-0.1, -0.05) is 18.2 Å². The molecule has 0 radical (unpaired) electrons. The Morgan fingerprint density at radius 1 is 1.36 bits per heavy atom. The predicted molar refractivity (Wildman–Crippen MR) is 86.8 cm³/mol. The van der Waals surface area contributed by atoms with Gasteiger partial charge in [0.1, 0.15) is 0 Å². The van der Waals surface area contributed by atoms with Crippen LogP contribution in [0.5, 0.6) is 0 Å². The third kappa shape index (κ3) is 3.60. The third-order valence-corrected chi connectivity index (χ3v) is 4.06. The number of aromatic nitrogens is 1. The molecule has 0 unspecified atom stereocenters. The summed E-state index contributed by atoms with van der Waals surface area (Å²) < 4.78 is 6.85. The molecule has 1 aliphatic rings. The van der Waals surface area contributed by atoms with Gasteiger partial charge in [0.15, 0.2) is 0 Å². The number of para-hydroxylation sites is 1. The lowest BCUT2D eigenvalue weighted by molar-refractivity contribution is 0.171. The number of nitrogens with one attached hydrogen (secondary N) is 2. The van der Waals surface area contributed by atoms with E-state index in [9.17, 15) is 4.79 Å². The van der Waals surface area contributed by atoms with Gasteiger partial charge in [0.05, 0.1) is 7.11 Å². The normalized spacial score (nSPS) is 14.2. The van der Waals surface area contributed by atoms with Gasteiger partial charge in [0, 0.05) is 42.8 Å². The zero-order valence-corrected chi connectivity index (χ0v) is 13.0. The van der Waals surface area contributed by atoms with Crippen LogP contribution < -0.4 is 10.6 Å². The van der Waals surface area contributed by atoms with Crippen LogP contribution in [0.2, 0.25) is 0 Å². The lowest BCUT2D eigenvalue weighted by Crippen LogP contribution is -2.24. The van der Waals surface area contributed by atoms with Gasteiger partial charge in [0.2, 0.25) is 0 Å². The van der Waals surface area contributed by atoms with E-state index in [2.05, 4.69) is 50.4 Å². The quantitative estimate of drug-likeness (QED) is 0.773. The summed E-state index contributed by atoms with van der Waals surface area (Å²) in [7, 11) is 1.38. The molecule has 118 valence electrons. The molecule has 5 heteroatoms. The van der Waals surface area contributed by atoms with Gasteiger partial charge in [-0.15, -0.1) is 0 Å². The average Bonchev–Trinajstić information content (AvgIpc) is 3.31. The number of fused-ring (bicyclic) bond motifs is 1. The monoisotopic (exact) mass is 301 g/mol. The summed E-state index contributed by atoms with van der Waals surface area (Å²) in [6.45, 7) is 2.43. The average molecular weight is 301 g/mol. The molecule has 1 aromatic carbocycles. The van der Waals surface area contributed by atoms with E-state index in [0.717, 1.165) is 19.5 Å². The minimum Gasteiger partial charge on any atom is -0.453 e. The zero-order chi connectivity index (χ0) is 15.4. The van der Waals surface area contributed by atoms with Gasteiger partial charge in [-0.25, -0.2) is 4.79 Å². The first-order valence-corrected chi connectivity index (χ1v) is 7.90. The molecule has 1 fully saturated rings. The summed E-state index contributed by atoms with van der Waals surface area (Å²) in [5, 5.41) is 7.62. The highest BCUT2D eigenvalue weighted by Crippen LogP contribution is 2.24. The van der Waals surface area contributed by atoms with Crippen molar-refractivity contribution < 1.29 is 9.53 Å². The first-order valence-electron chi connectivity index (χ1n) is 7.90. The fourth-order valence-electron chi connectivity index (χ4n) is 2.70. The van der Waals surface area contributed by atoms with Gasteiger partial charge >= 0.3 is 6.09 Å². The van der Waals surface area contributed by atoms with E-state index in [4.69, 9.17) is 0 Å². The van der Waals surface area contributed by atoms with Gasteiger partial charge in [-0.3, -0.25) is 0 Å². The summed E-state index contributed by atoms with van der Waals surface area (Å²) >= 11 is 0. The Bertz CT molecular complexity index is 646. The number of hydrogen-bond acceptors (Lipinski definition) is 3. The second-order valence-electron chi connectivity index (χ2n) is 5.79. The molecule has 0 atom stereocenters. The molecule has 2 aromatic rings. The summed E-state index contributed by atoms with van der Waals surface area (Å²) in [5.74, 6) is 0. The molecule has 1 heterocycles. The Hall–Kier alpha value is -2.01. The summed E-state index contributed by atoms with van der Waals surface area (Å²) in [4.78, 5) is 11.0. The van der Waals surface area contributed by atoms with E-state index in [1.54, 1.807) is 0 Å². The van der Waals surface area contributed by atoms with Crippen LogP contribution in [0, 0.1) is 0 Å². The zero-order valence-electron chi connectivity index (χ0n) is 13.0. The molecule has 1 aromatic heterocycles. The van der Waals surface area contributed by atoms with Gasteiger partial charge < -0.3 is 19.9 Å². The third-order valence-electron chi connectivity index (χ3n) is 4.06. The van der Waals surface area contributed by atoms with E-state index < -0.39 is 0 Å². The molecule has 1 saturated carbocycles. The van der Waals surface area contributed by atoms with Crippen LogP contribution >= 0.6 is 0 Å². The topological polar surface area (TPSA) is 55.3 Å². The minimum atomic E-state index is -0.369. The van der Waals surface area contributed by atoms with Gasteiger partial charge in [0.25, 0.3) is 0 Å². The predicted octanol–water partition coefficient (Wildman–Crippen LogP) is 2.64. The van der Waals surface area contributed by atoms with Crippen LogP contribution in [0.1, 0.15) is 24.8 Å². The Balaban J connectivity index is 1.64. The molecular formula is C17H23N3O2. The largest absolute Gasteiger partial charge is 0.453 e. The number of benzene rings is 1. The smallest absolute Gasteiger partial charge is 0.406 e. The standard InChI is InChI=1S/C17H23N3O2/c1-22-17(21)18-9-4-10-20-12-13(11-19-14-7-8-14)15-5-2-3-6-16(15)20/h2-3,5-6,12,14,19H,4,7-11H2,1H3,(H,18,21). The maximum Gasteiger partial charge on any atom is 0.406 e. The second-order valence-corrected chi connectivity index (χ2v) is 5.79. The first-order chi connectivity index (χ1) is 10.8. The van der Waals surface area contributed by atoms with Crippen molar-refractivity contribution in [2.45, 2.75) is 38.4 Å². The van der Waals surface area contributed by atoms with Crippen LogP contribution in [0.3, 0.4) is 0 Å². The van der Waals surface area contributed by atoms with Crippen molar-refractivity contribution >= 4 is 17.0 Å². The van der Waals surface area contributed by atoms with Crippen molar-refractivity contribution in [3.8, 4) is 0 Å². The second kappa shape index (κ2) is 6.83.